The highest BCUT2D eigenvalue weighted by Crippen LogP contribution is 2.44. The van der Waals surface area contributed by atoms with Crippen LogP contribution in [-0.4, -0.2) is 43.3 Å². The van der Waals surface area contributed by atoms with Crippen molar-refractivity contribution in [2.75, 3.05) is 13.7 Å². The Bertz CT molecular complexity index is 315. The summed E-state index contributed by atoms with van der Waals surface area (Å²) >= 11 is 0. The third-order valence-electron chi connectivity index (χ3n) is 3.73. The Morgan fingerprint density at radius 1 is 1.33 bits per heavy atom. The molecule has 1 N–H and O–H groups in total. The van der Waals surface area contributed by atoms with Gasteiger partial charge in [0.1, 0.15) is 0 Å². The normalized spacial score (nSPS) is 43.1. The van der Waals surface area contributed by atoms with Gasteiger partial charge in [-0.3, -0.25) is 0 Å². The molecule has 0 spiro atoms. The van der Waals surface area contributed by atoms with Gasteiger partial charge in [0.15, 0.2) is 9.84 Å². The maximum Gasteiger partial charge on any atom is 0.156 e. The SMILES string of the molecule is COCCC1(O)CC2CCC(C1)S2(=O)=O. The third kappa shape index (κ3) is 1.92. The van der Waals surface area contributed by atoms with Crippen molar-refractivity contribution in [1.82, 2.24) is 0 Å². The van der Waals surface area contributed by atoms with Crippen LogP contribution in [0.4, 0.5) is 0 Å². The van der Waals surface area contributed by atoms with E-state index in [0.29, 0.717) is 25.9 Å². The van der Waals surface area contributed by atoms with Crippen molar-refractivity contribution in [2.24, 2.45) is 0 Å². The van der Waals surface area contributed by atoms with Gasteiger partial charge in [0.25, 0.3) is 0 Å². The van der Waals surface area contributed by atoms with Gasteiger partial charge in [0.2, 0.25) is 0 Å². The van der Waals surface area contributed by atoms with E-state index in [0.717, 1.165) is 12.8 Å². The molecule has 0 aromatic rings. The molecular weight excluding hydrogens is 216 g/mol. The van der Waals surface area contributed by atoms with Gasteiger partial charge < -0.3 is 9.84 Å². The summed E-state index contributed by atoms with van der Waals surface area (Å²) in [6.07, 6.45) is 2.79. The maximum absolute atomic E-state index is 11.8. The van der Waals surface area contributed by atoms with Gasteiger partial charge in [-0.05, 0) is 32.1 Å². The van der Waals surface area contributed by atoms with Gasteiger partial charge in [-0.1, -0.05) is 0 Å². The molecule has 5 heteroatoms. The van der Waals surface area contributed by atoms with E-state index in [2.05, 4.69) is 0 Å². The van der Waals surface area contributed by atoms with Crippen LogP contribution in [0, 0.1) is 0 Å². The second kappa shape index (κ2) is 3.71. The van der Waals surface area contributed by atoms with E-state index in [-0.39, 0.29) is 10.5 Å². The first-order chi connectivity index (χ1) is 6.98. The molecule has 15 heavy (non-hydrogen) atoms. The Hall–Kier alpha value is -0.130. The predicted octanol–water partition coefficient (Wildman–Crippen LogP) is 0.494. The second-order valence-corrected chi connectivity index (χ2v) is 7.30. The molecule has 2 fully saturated rings. The van der Waals surface area contributed by atoms with Gasteiger partial charge >= 0.3 is 0 Å². The van der Waals surface area contributed by atoms with Crippen LogP contribution >= 0.6 is 0 Å². The fourth-order valence-electron chi connectivity index (χ4n) is 2.84. The summed E-state index contributed by atoms with van der Waals surface area (Å²) < 4.78 is 28.5. The van der Waals surface area contributed by atoms with E-state index in [1.54, 1.807) is 7.11 Å². The highest BCUT2D eigenvalue weighted by molar-refractivity contribution is 7.93. The monoisotopic (exact) mass is 234 g/mol. The lowest BCUT2D eigenvalue weighted by molar-refractivity contribution is -0.00697. The Morgan fingerprint density at radius 3 is 2.33 bits per heavy atom. The summed E-state index contributed by atoms with van der Waals surface area (Å²) in [4.78, 5) is 0. The van der Waals surface area contributed by atoms with Crippen molar-refractivity contribution < 1.29 is 18.3 Å². The number of sulfone groups is 1. The predicted molar refractivity (Wildman–Crippen MR) is 56.4 cm³/mol. The van der Waals surface area contributed by atoms with Crippen molar-refractivity contribution in [2.45, 2.75) is 48.2 Å². The molecule has 0 amide bonds. The van der Waals surface area contributed by atoms with Crippen LogP contribution < -0.4 is 0 Å². The van der Waals surface area contributed by atoms with E-state index in [9.17, 15) is 13.5 Å². The molecule has 0 saturated carbocycles. The zero-order chi connectivity index (χ0) is 11.1. The number of fused-ring (bicyclic) bond motifs is 2. The summed E-state index contributed by atoms with van der Waals surface area (Å²) in [6.45, 7) is 0.496. The minimum atomic E-state index is -2.93. The van der Waals surface area contributed by atoms with Crippen LogP contribution in [-0.2, 0) is 14.6 Å². The molecule has 2 aliphatic rings. The van der Waals surface area contributed by atoms with E-state index in [1.165, 1.54) is 0 Å². The molecule has 0 aliphatic carbocycles. The summed E-state index contributed by atoms with van der Waals surface area (Å²) in [5.74, 6) is 0. The molecular formula is C10H18O4S. The first-order valence-electron chi connectivity index (χ1n) is 5.42. The number of rotatable bonds is 3. The Labute approximate surface area is 90.5 Å². The molecule has 2 saturated heterocycles. The quantitative estimate of drug-likeness (QED) is 0.772. The Balaban J connectivity index is 2.11. The lowest BCUT2D eigenvalue weighted by Crippen LogP contribution is -2.45. The number of hydrogen-bond acceptors (Lipinski definition) is 4. The molecule has 4 nitrogen and oxygen atoms in total. The Kier molecular flexibility index (Phi) is 2.81. The van der Waals surface area contributed by atoms with Crippen molar-refractivity contribution in [1.29, 1.82) is 0 Å². The van der Waals surface area contributed by atoms with Crippen molar-refractivity contribution in [3.05, 3.63) is 0 Å². The fraction of sp³-hybridized carbons (Fsp3) is 1.00. The van der Waals surface area contributed by atoms with E-state index < -0.39 is 15.4 Å². The highest BCUT2D eigenvalue weighted by Gasteiger charge is 2.52. The van der Waals surface area contributed by atoms with Crippen molar-refractivity contribution in [3.8, 4) is 0 Å². The molecule has 2 unspecified atom stereocenters. The lowest BCUT2D eigenvalue weighted by Gasteiger charge is -2.35. The minimum Gasteiger partial charge on any atom is -0.390 e. The summed E-state index contributed by atoms with van der Waals surface area (Å²) in [5.41, 5.74) is -0.812. The van der Waals surface area contributed by atoms with Gasteiger partial charge in [-0.25, -0.2) is 8.42 Å². The van der Waals surface area contributed by atoms with Crippen LogP contribution in [0.5, 0.6) is 0 Å². The molecule has 2 rings (SSSR count). The van der Waals surface area contributed by atoms with Gasteiger partial charge in [0, 0.05) is 13.7 Å². The van der Waals surface area contributed by atoms with E-state index >= 15 is 0 Å². The molecule has 88 valence electrons. The summed E-state index contributed by atoms with van der Waals surface area (Å²) in [5, 5.41) is 9.66. The standard InChI is InChI=1S/C10H18O4S/c1-14-5-4-10(11)6-8-2-3-9(7-10)15(8,12)13/h8-9,11H,2-7H2,1H3. The smallest absolute Gasteiger partial charge is 0.156 e. The average molecular weight is 234 g/mol. The summed E-state index contributed by atoms with van der Waals surface area (Å²) in [7, 11) is -1.33. The highest BCUT2D eigenvalue weighted by atomic mass is 32.2. The minimum absolute atomic E-state index is 0.307. The topological polar surface area (TPSA) is 63.6 Å². The third-order valence-corrected chi connectivity index (χ3v) is 6.39. The number of aliphatic hydroxyl groups is 1. The molecule has 2 aliphatic heterocycles. The second-order valence-electron chi connectivity index (χ2n) is 4.79. The molecule has 0 radical (unpaired) electrons. The largest absolute Gasteiger partial charge is 0.390 e. The van der Waals surface area contributed by atoms with Crippen LogP contribution in [0.2, 0.25) is 0 Å². The fourth-order valence-corrected chi connectivity index (χ4v) is 5.39. The number of methoxy groups -OCH3 is 1. The number of hydrogen-bond donors (Lipinski definition) is 1. The van der Waals surface area contributed by atoms with Crippen molar-refractivity contribution in [3.63, 3.8) is 0 Å². The van der Waals surface area contributed by atoms with Crippen LogP contribution in [0.25, 0.3) is 0 Å². The molecule has 2 heterocycles. The van der Waals surface area contributed by atoms with E-state index in [1.807, 2.05) is 0 Å². The van der Waals surface area contributed by atoms with Crippen LogP contribution in [0.15, 0.2) is 0 Å². The van der Waals surface area contributed by atoms with E-state index in [4.69, 9.17) is 4.74 Å². The Morgan fingerprint density at radius 2 is 1.87 bits per heavy atom. The molecule has 2 atom stereocenters. The van der Waals surface area contributed by atoms with Crippen LogP contribution in [0.1, 0.15) is 32.1 Å². The lowest BCUT2D eigenvalue weighted by atomic mass is 9.90. The molecule has 0 aromatic carbocycles. The van der Waals surface area contributed by atoms with Gasteiger partial charge in [-0.15, -0.1) is 0 Å². The van der Waals surface area contributed by atoms with Crippen LogP contribution in [0.3, 0.4) is 0 Å². The first kappa shape index (κ1) is 11.4. The zero-order valence-corrected chi connectivity index (χ0v) is 9.79. The molecule has 0 aromatic heterocycles. The van der Waals surface area contributed by atoms with Crippen molar-refractivity contribution >= 4 is 9.84 Å². The van der Waals surface area contributed by atoms with Gasteiger partial charge in [0.05, 0.1) is 16.1 Å². The molecule has 2 bridgehead atoms. The van der Waals surface area contributed by atoms with Gasteiger partial charge in [-0.2, -0.15) is 0 Å². The number of ether oxygens (including phenoxy) is 1. The first-order valence-corrected chi connectivity index (χ1v) is 7.03. The average Bonchev–Trinajstić information content (AvgIpc) is 2.40. The zero-order valence-electron chi connectivity index (χ0n) is 8.98. The summed E-state index contributed by atoms with van der Waals surface area (Å²) in [6, 6.07) is 0. The maximum atomic E-state index is 11.8.